The minimum absolute atomic E-state index is 0.354. The first-order valence-corrected chi connectivity index (χ1v) is 8.75. The summed E-state index contributed by atoms with van der Waals surface area (Å²) in [6, 6.07) is 2.52. The Labute approximate surface area is 148 Å². The number of piperidine rings is 1. The van der Waals surface area contributed by atoms with Gasteiger partial charge < -0.3 is 9.26 Å². The second-order valence-electron chi connectivity index (χ2n) is 6.94. The van der Waals surface area contributed by atoms with Crippen LogP contribution < -0.4 is 0 Å². The number of hydrogen-bond donors (Lipinski definition) is 0. The van der Waals surface area contributed by atoms with Crippen LogP contribution in [0, 0.1) is 5.92 Å². The predicted octanol–water partition coefficient (Wildman–Crippen LogP) is 1.46. The lowest BCUT2D eigenvalue weighted by Gasteiger charge is -2.40. The zero-order valence-electron chi connectivity index (χ0n) is 15.6. The van der Waals surface area contributed by atoms with Crippen molar-refractivity contribution >= 4 is 0 Å². The van der Waals surface area contributed by atoms with Crippen LogP contribution in [0.4, 0.5) is 0 Å². The van der Waals surface area contributed by atoms with Gasteiger partial charge in [-0.25, -0.2) is 0 Å². The molecule has 2 atom stereocenters. The monoisotopic (exact) mass is 348 g/mol. The van der Waals surface area contributed by atoms with Gasteiger partial charge in [-0.05, 0) is 45.5 Å². The van der Waals surface area contributed by atoms with E-state index in [1.807, 2.05) is 17.9 Å². The quantitative estimate of drug-likeness (QED) is 0.750. The molecule has 0 saturated carbocycles. The van der Waals surface area contributed by atoms with E-state index in [9.17, 15) is 0 Å². The van der Waals surface area contributed by atoms with Gasteiger partial charge >= 0.3 is 0 Å². The standard InChI is InChI=1S/C17H28N6O2/c1-21(11-15-19-16(12-24-4)25-20-15)10-13-6-5-9-22(2)17(13)14-7-8-18-23(14)3/h7-8,13,17H,5-6,9-12H2,1-4H3/t13-,17+/m0/s1. The summed E-state index contributed by atoms with van der Waals surface area (Å²) in [4.78, 5) is 9.08. The number of nitrogens with zero attached hydrogens (tertiary/aromatic N) is 6. The fraction of sp³-hybridized carbons (Fsp3) is 0.706. The maximum Gasteiger partial charge on any atom is 0.252 e. The van der Waals surface area contributed by atoms with Crippen molar-refractivity contribution < 1.29 is 9.26 Å². The van der Waals surface area contributed by atoms with Crippen LogP contribution in [0.2, 0.25) is 0 Å². The van der Waals surface area contributed by atoms with Crippen molar-refractivity contribution in [1.82, 2.24) is 29.7 Å². The average Bonchev–Trinajstić information content (AvgIpc) is 3.17. The summed E-state index contributed by atoms with van der Waals surface area (Å²) in [5.74, 6) is 1.77. The highest BCUT2D eigenvalue weighted by Gasteiger charge is 2.33. The summed E-state index contributed by atoms with van der Waals surface area (Å²) in [7, 11) is 7.96. The van der Waals surface area contributed by atoms with Gasteiger partial charge in [0.05, 0.1) is 18.3 Å². The third-order valence-electron chi connectivity index (χ3n) is 4.90. The zero-order valence-corrected chi connectivity index (χ0v) is 15.6. The highest BCUT2D eigenvalue weighted by molar-refractivity contribution is 5.10. The van der Waals surface area contributed by atoms with E-state index >= 15 is 0 Å². The van der Waals surface area contributed by atoms with Gasteiger partial charge in [0.15, 0.2) is 5.82 Å². The fourth-order valence-electron chi connectivity index (χ4n) is 3.84. The summed E-state index contributed by atoms with van der Waals surface area (Å²) in [5.41, 5.74) is 1.28. The van der Waals surface area contributed by atoms with Crippen molar-refractivity contribution in [3.8, 4) is 0 Å². The molecule has 1 fully saturated rings. The van der Waals surface area contributed by atoms with Crippen molar-refractivity contribution in [2.45, 2.75) is 32.0 Å². The van der Waals surface area contributed by atoms with Gasteiger partial charge in [0.25, 0.3) is 5.89 Å². The summed E-state index contributed by atoms with van der Waals surface area (Å²) in [6.07, 6.45) is 4.32. The molecule has 0 bridgehead atoms. The normalized spacial score (nSPS) is 22.0. The molecule has 8 nitrogen and oxygen atoms in total. The lowest BCUT2D eigenvalue weighted by Crippen LogP contribution is -2.41. The Morgan fingerprint density at radius 3 is 2.96 bits per heavy atom. The molecule has 0 spiro atoms. The number of rotatable bonds is 7. The third kappa shape index (κ3) is 4.26. The second kappa shape index (κ2) is 8.07. The lowest BCUT2D eigenvalue weighted by atomic mass is 9.87. The molecule has 2 aromatic heterocycles. The van der Waals surface area contributed by atoms with Crippen molar-refractivity contribution in [3.63, 3.8) is 0 Å². The molecule has 3 rings (SSSR count). The van der Waals surface area contributed by atoms with E-state index in [4.69, 9.17) is 9.26 Å². The molecule has 1 aliphatic rings. The number of hydrogen-bond acceptors (Lipinski definition) is 7. The van der Waals surface area contributed by atoms with E-state index in [0.717, 1.165) is 13.1 Å². The Morgan fingerprint density at radius 1 is 1.40 bits per heavy atom. The number of methoxy groups -OCH3 is 1. The molecule has 0 unspecified atom stereocenters. The van der Waals surface area contributed by atoms with Crippen molar-refractivity contribution in [2.75, 3.05) is 34.3 Å². The summed E-state index contributed by atoms with van der Waals surface area (Å²) < 4.78 is 12.2. The van der Waals surface area contributed by atoms with Crippen LogP contribution in [0.25, 0.3) is 0 Å². The smallest absolute Gasteiger partial charge is 0.252 e. The summed E-state index contributed by atoms with van der Waals surface area (Å²) in [5, 5.41) is 8.39. The maximum atomic E-state index is 5.18. The van der Waals surface area contributed by atoms with Crippen LogP contribution in [-0.4, -0.2) is 64.0 Å². The number of ether oxygens (including phenoxy) is 1. The molecular weight excluding hydrogens is 320 g/mol. The van der Waals surface area contributed by atoms with Gasteiger partial charge in [-0.2, -0.15) is 10.1 Å². The Kier molecular flexibility index (Phi) is 5.82. The van der Waals surface area contributed by atoms with E-state index in [0.29, 0.717) is 36.8 Å². The zero-order chi connectivity index (χ0) is 17.8. The molecule has 138 valence electrons. The topological polar surface area (TPSA) is 72.5 Å². The van der Waals surface area contributed by atoms with Crippen molar-refractivity contribution in [3.05, 3.63) is 29.7 Å². The Balaban J connectivity index is 1.65. The highest BCUT2D eigenvalue weighted by Crippen LogP contribution is 2.35. The summed E-state index contributed by atoms with van der Waals surface area (Å²) >= 11 is 0. The van der Waals surface area contributed by atoms with Crippen LogP contribution in [0.3, 0.4) is 0 Å². The van der Waals surface area contributed by atoms with Crippen LogP contribution in [0.5, 0.6) is 0 Å². The minimum atomic E-state index is 0.354. The van der Waals surface area contributed by atoms with Crippen molar-refractivity contribution in [2.24, 2.45) is 13.0 Å². The summed E-state index contributed by atoms with van der Waals surface area (Å²) in [6.45, 7) is 3.13. The van der Waals surface area contributed by atoms with E-state index in [2.05, 4.69) is 45.2 Å². The molecule has 2 aromatic rings. The van der Waals surface area contributed by atoms with Crippen LogP contribution in [0.15, 0.2) is 16.8 Å². The molecule has 0 amide bonds. The maximum absolute atomic E-state index is 5.18. The molecule has 1 saturated heterocycles. The molecule has 3 heterocycles. The molecular formula is C17H28N6O2. The lowest BCUT2D eigenvalue weighted by molar-refractivity contribution is 0.0864. The second-order valence-corrected chi connectivity index (χ2v) is 6.94. The van der Waals surface area contributed by atoms with Gasteiger partial charge in [-0.15, -0.1) is 0 Å². The fourth-order valence-corrected chi connectivity index (χ4v) is 3.84. The van der Waals surface area contributed by atoms with Gasteiger partial charge in [-0.1, -0.05) is 5.16 Å². The van der Waals surface area contributed by atoms with Gasteiger partial charge in [0, 0.05) is 26.9 Å². The minimum Gasteiger partial charge on any atom is -0.375 e. The van der Waals surface area contributed by atoms with E-state index in [1.165, 1.54) is 18.5 Å². The molecule has 0 N–H and O–H groups in total. The first-order chi connectivity index (χ1) is 12.1. The SMILES string of the molecule is COCc1nc(CN(C)C[C@@H]2CCCN(C)[C@H]2c2ccnn2C)no1. The Hall–Kier alpha value is -1.77. The Morgan fingerprint density at radius 2 is 2.24 bits per heavy atom. The van der Waals surface area contributed by atoms with Crippen LogP contribution in [-0.2, 0) is 24.9 Å². The van der Waals surface area contributed by atoms with Gasteiger partial charge in [-0.3, -0.25) is 14.5 Å². The largest absolute Gasteiger partial charge is 0.375 e. The van der Waals surface area contributed by atoms with Crippen molar-refractivity contribution in [1.29, 1.82) is 0 Å². The third-order valence-corrected chi connectivity index (χ3v) is 4.90. The number of aromatic nitrogens is 4. The Bertz CT molecular complexity index is 670. The van der Waals surface area contributed by atoms with E-state index in [1.54, 1.807) is 7.11 Å². The highest BCUT2D eigenvalue weighted by atomic mass is 16.5. The van der Waals surface area contributed by atoms with Gasteiger partial charge in [0.1, 0.15) is 6.61 Å². The first kappa shape index (κ1) is 18.0. The van der Waals surface area contributed by atoms with Crippen LogP contribution in [0.1, 0.15) is 36.3 Å². The van der Waals surface area contributed by atoms with E-state index in [-0.39, 0.29) is 0 Å². The predicted molar refractivity (Wildman–Crippen MR) is 92.6 cm³/mol. The molecule has 1 aliphatic heterocycles. The number of likely N-dealkylation sites (tertiary alicyclic amines) is 1. The molecule has 0 radical (unpaired) electrons. The van der Waals surface area contributed by atoms with E-state index < -0.39 is 0 Å². The molecule has 8 heteroatoms. The van der Waals surface area contributed by atoms with Crippen LogP contribution >= 0.6 is 0 Å². The first-order valence-electron chi connectivity index (χ1n) is 8.75. The number of aryl methyl sites for hydroxylation is 1. The van der Waals surface area contributed by atoms with Gasteiger partial charge in [0.2, 0.25) is 0 Å². The average molecular weight is 348 g/mol. The molecule has 0 aromatic carbocycles. The molecule has 0 aliphatic carbocycles. The molecule has 25 heavy (non-hydrogen) atoms.